The van der Waals surface area contributed by atoms with Crippen molar-refractivity contribution in [1.29, 1.82) is 0 Å². The lowest BCUT2D eigenvalue weighted by atomic mass is 9.81. The van der Waals surface area contributed by atoms with Crippen LogP contribution in [0.5, 0.6) is 0 Å². The Morgan fingerprint density at radius 2 is 2.00 bits per heavy atom. The molecule has 2 heteroatoms. The molecule has 0 saturated carbocycles. The van der Waals surface area contributed by atoms with Crippen molar-refractivity contribution in [3.05, 3.63) is 35.9 Å². The first-order valence-electron chi connectivity index (χ1n) is 5.36. The van der Waals surface area contributed by atoms with E-state index in [2.05, 4.69) is 12.1 Å². The normalized spacial score (nSPS) is 18.2. The maximum atomic E-state index is 11.8. The third-order valence-corrected chi connectivity index (χ3v) is 3.00. The predicted molar refractivity (Wildman–Crippen MR) is 58.7 cm³/mol. The molecule has 0 atom stereocenters. The van der Waals surface area contributed by atoms with Gasteiger partial charge < -0.3 is 4.74 Å². The van der Waals surface area contributed by atoms with Crippen LogP contribution in [0.4, 0.5) is 0 Å². The van der Waals surface area contributed by atoms with E-state index < -0.39 is 0 Å². The molecule has 2 nitrogen and oxygen atoms in total. The zero-order valence-corrected chi connectivity index (χ0v) is 9.03. The van der Waals surface area contributed by atoms with Crippen LogP contribution >= 0.6 is 0 Å². The molecule has 1 aromatic rings. The van der Waals surface area contributed by atoms with Crippen molar-refractivity contribution in [2.75, 3.05) is 13.2 Å². The zero-order valence-electron chi connectivity index (χ0n) is 9.03. The van der Waals surface area contributed by atoms with Crippen molar-refractivity contribution in [2.45, 2.75) is 19.8 Å². The van der Waals surface area contributed by atoms with Crippen molar-refractivity contribution in [2.24, 2.45) is 5.41 Å². The first-order valence-corrected chi connectivity index (χ1v) is 5.36. The molecule has 1 fully saturated rings. The van der Waals surface area contributed by atoms with Gasteiger partial charge >= 0.3 is 0 Å². The summed E-state index contributed by atoms with van der Waals surface area (Å²) in [5.74, 6) is 0.331. The maximum Gasteiger partial charge on any atom is 0.143 e. The zero-order chi connectivity index (χ0) is 10.7. The number of ketones is 1. The Balaban J connectivity index is 1.86. The largest absolute Gasteiger partial charge is 0.379 e. The quantitative estimate of drug-likeness (QED) is 0.751. The van der Waals surface area contributed by atoms with E-state index >= 15 is 0 Å². The molecule has 0 amide bonds. The fraction of sp³-hybridized carbons (Fsp3) is 0.462. The minimum atomic E-state index is -0.200. The van der Waals surface area contributed by atoms with Crippen LogP contribution in [0.25, 0.3) is 0 Å². The molecule has 0 N–H and O–H groups in total. The van der Waals surface area contributed by atoms with Gasteiger partial charge in [-0.2, -0.15) is 0 Å². The SMILES string of the molecule is CC1(C(=O)CCc2ccccc2)COC1. The maximum absolute atomic E-state index is 11.8. The first-order chi connectivity index (χ1) is 7.21. The molecule has 1 aliphatic heterocycles. The summed E-state index contributed by atoms with van der Waals surface area (Å²) in [6.07, 6.45) is 1.47. The van der Waals surface area contributed by atoms with E-state index in [1.54, 1.807) is 0 Å². The number of carbonyl (C=O) groups excluding carboxylic acids is 1. The number of hydrogen-bond acceptors (Lipinski definition) is 2. The molecular formula is C13H16O2. The molecule has 0 aromatic heterocycles. The van der Waals surface area contributed by atoms with Gasteiger partial charge in [0, 0.05) is 6.42 Å². The Labute approximate surface area is 90.3 Å². The minimum absolute atomic E-state index is 0.200. The van der Waals surface area contributed by atoms with Crippen molar-refractivity contribution in [1.82, 2.24) is 0 Å². The van der Waals surface area contributed by atoms with Gasteiger partial charge in [0.05, 0.1) is 18.6 Å². The molecule has 80 valence electrons. The van der Waals surface area contributed by atoms with Crippen molar-refractivity contribution in [3.8, 4) is 0 Å². The summed E-state index contributed by atoms with van der Waals surface area (Å²) >= 11 is 0. The van der Waals surface area contributed by atoms with Crippen molar-refractivity contribution in [3.63, 3.8) is 0 Å². The van der Waals surface area contributed by atoms with Gasteiger partial charge in [-0.3, -0.25) is 4.79 Å². The van der Waals surface area contributed by atoms with Gasteiger partial charge in [-0.15, -0.1) is 0 Å². The lowest BCUT2D eigenvalue weighted by Crippen LogP contribution is -2.46. The lowest BCUT2D eigenvalue weighted by Gasteiger charge is -2.36. The summed E-state index contributed by atoms with van der Waals surface area (Å²) in [7, 11) is 0. The molecule has 1 aliphatic rings. The second-order valence-corrected chi connectivity index (χ2v) is 4.46. The number of carbonyl (C=O) groups is 1. The van der Waals surface area contributed by atoms with Crippen molar-refractivity contribution < 1.29 is 9.53 Å². The van der Waals surface area contributed by atoms with Crippen LogP contribution in [0.15, 0.2) is 30.3 Å². The second-order valence-electron chi connectivity index (χ2n) is 4.46. The summed E-state index contributed by atoms with van der Waals surface area (Å²) in [5.41, 5.74) is 1.03. The smallest absolute Gasteiger partial charge is 0.143 e. The van der Waals surface area contributed by atoms with Crippen LogP contribution in [0, 0.1) is 5.41 Å². The highest BCUT2D eigenvalue weighted by molar-refractivity contribution is 5.85. The summed E-state index contributed by atoms with van der Waals surface area (Å²) in [4.78, 5) is 11.8. The number of rotatable bonds is 4. The molecule has 0 radical (unpaired) electrons. The summed E-state index contributed by atoms with van der Waals surface area (Å²) in [6.45, 7) is 3.19. The molecular weight excluding hydrogens is 188 g/mol. The third-order valence-electron chi connectivity index (χ3n) is 3.00. The van der Waals surface area contributed by atoms with Crippen molar-refractivity contribution >= 4 is 5.78 Å². The summed E-state index contributed by atoms with van der Waals surface area (Å²) < 4.78 is 5.09. The summed E-state index contributed by atoms with van der Waals surface area (Å²) in [5, 5.41) is 0. The second kappa shape index (κ2) is 4.15. The number of ether oxygens (including phenoxy) is 1. The molecule has 1 aromatic carbocycles. The number of benzene rings is 1. The molecule has 1 heterocycles. The lowest BCUT2D eigenvalue weighted by molar-refractivity contribution is -0.155. The Kier molecular flexibility index (Phi) is 2.87. The van der Waals surface area contributed by atoms with Gasteiger partial charge in [0.15, 0.2) is 0 Å². The predicted octanol–water partition coefficient (Wildman–Crippen LogP) is 2.22. The molecule has 0 bridgehead atoms. The molecule has 15 heavy (non-hydrogen) atoms. The van der Waals surface area contributed by atoms with E-state index in [1.165, 1.54) is 5.56 Å². The highest BCUT2D eigenvalue weighted by Gasteiger charge is 2.39. The van der Waals surface area contributed by atoms with E-state index in [0.717, 1.165) is 6.42 Å². The van der Waals surface area contributed by atoms with Gasteiger partial charge in [0.2, 0.25) is 0 Å². The third kappa shape index (κ3) is 2.26. The number of hydrogen-bond donors (Lipinski definition) is 0. The Bertz CT molecular complexity index is 339. The average molecular weight is 204 g/mol. The summed E-state index contributed by atoms with van der Waals surface area (Å²) in [6, 6.07) is 10.1. The van der Waals surface area contributed by atoms with E-state index in [0.29, 0.717) is 25.4 Å². The van der Waals surface area contributed by atoms with Gasteiger partial charge in [-0.05, 0) is 18.9 Å². The van der Waals surface area contributed by atoms with Crippen LogP contribution in [0.3, 0.4) is 0 Å². The van der Waals surface area contributed by atoms with Crippen LogP contribution < -0.4 is 0 Å². The van der Waals surface area contributed by atoms with E-state index in [9.17, 15) is 4.79 Å². The molecule has 1 saturated heterocycles. The number of Topliss-reactive ketones (excluding diaryl/α,β-unsaturated/α-hetero) is 1. The van der Waals surface area contributed by atoms with Gasteiger partial charge in [-0.1, -0.05) is 30.3 Å². The topological polar surface area (TPSA) is 26.3 Å². The average Bonchev–Trinajstić information content (AvgIpc) is 2.24. The highest BCUT2D eigenvalue weighted by atomic mass is 16.5. The van der Waals surface area contributed by atoms with E-state index in [-0.39, 0.29) is 5.41 Å². The minimum Gasteiger partial charge on any atom is -0.379 e. The van der Waals surface area contributed by atoms with Crippen LogP contribution in [-0.4, -0.2) is 19.0 Å². The molecule has 2 rings (SSSR count). The Morgan fingerprint density at radius 3 is 2.53 bits per heavy atom. The van der Waals surface area contributed by atoms with Gasteiger partial charge in [-0.25, -0.2) is 0 Å². The molecule has 0 aliphatic carbocycles. The van der Waals surface area contributed by atoms with Crippen LogP contribution in [0.1, 0.15) is 18.9 Å². The van der Waals surface area contributed by atoms with E-state index in [1.807, 2.05) is 25.1 Å². The van der Waals surface area contributed by atoms with Gasteiger partial charge in [0.25, 0.3) is 0 Å². The number of aryl methyl sites for hydroxylation is 1. The Morgan fingerprint density at radius 1 is 1.33 bits per heavy atom. The molecule has 0 unspecified atom stereocenters. The van der Waals surface area contributed by atoms with Gasteiger partial charge in [0.1, 0.15) is 5.78 Å². The highest BCUT2D eigenvalue weighted by Crippen LogP contribution is 2.29. The first kappa shape index (κ1) is 10.4. The standard InChI is InChI=1S/C13H16O2/c1-13(9-15-10-13)12(14)8-7-11-5-3-2-4-6-11/h2-6H,7-10H2,1H3. The van der Waals surface area contributed by atoms with E-state index in [4.69, 9.17) is 4.74 Å². The molecule has 0 spiro atoms. The fourth-order valence-electron chi connectivity index (χ4n) is 1.77. The Hall–Kier alpha value is -1.15. The fourth-order valence-corrected chi connectivity index (χ4v) is 1.77. The monoisotopic (exact) mass is 204 g/mol. The van der Waals surface area contributed by atoms with Crippen LogP contribution in [0.2, 0.25) is 0 Å². The van der Waals surface area contributed by atoms with Crippen LogP contribution in [-0.2, 0) is 16.0 Å².